The average Bonchev–Trinajstić information content (AvgIpc) is 3.27. The minimum Gasteiger partial charge on any atom is -0.394 e. The van der Waals surface area contributed by atoms with Crippen molar-refractivity contribution in [1.29, 1.82) is 0 Å². The highest BCUT2D eigenvalue weighted by Gasteiger charge is 2.46. The number of hydrogen-bond donors (Lipinski definition) is 13. The number of nitrogens with one attached hydrogen (secondary N) is 6. The van der Waals surface area contributed by atoms with Crippen LogP contribution in [0.5, 0.6) is 0 Å². The third kappa shape index (κ3) is 23.8. The number of amides is 6. The molecule has 2 aliphatic heterocycles. The highest BCUT2D eigenvalue weighted by molar-refractivity contribution is 5.77. The van der Waals surface area contributed by atoms with Gasteiger partial charge < -0.3 is 96.7 Å². The van der Waals surface area contributed by atoms with Crippen LogP contribution in [0.1, 0.15) is 78.1 Å². The molecule has 2 fully saturated rings. The second-order valence-electron chi connectivity index (χ2n) is 16.0. The van der Waals surface area contributed by atoms with Crippen molar-refractivity contribution in [2.75, 3.05) is 79.0 Å². The Morgan fingerprint density at radius 2 is 0.864 bits per heavy atom. The molecule has 14 N–H and O–H groups in total. The lowest BCUT2D eigenvalue weighted by atomic mass is 9.97. The molecule has 0 spiro atoms. The number of aliphatic hydroxyl groups is 6. The van der Waals surface area contributed by atoms with Crippen molar-refractivity contribution in [3.8, 4) is 0 Å². The second-order valence-corrected chi connectivity index (χ2v) is 16.0. The van der Waals surface area contributed by atoms with E-state index in [1.165, 1.54) is 13.8 Å². The van der Waals surface area contributed by atoms with E-state index in [4.69, 9.17) is 34.2 Å². The van der Waals surface area contributed by atoms with Crippen molar-refractivity contribution >= 4 is 35.4 Å². The summed E-state index contributed by atoms with van der Waals surface area (Å²) >= 11 is 0. The topological polar surface area (TPSA) is 377 Å². The molecule has 0 aromatic heterocycles. The predicted molar refractivity (Wildman–Crippen MR) is 230 cm³/mol. The van der Waals surface area contributed by atoms with Crippen LogP contribution in [0, 0.1) is 0 Å². The molecule has 0 bridgehead atoms. The molecule has 2 aliphatic rings. The van der Waals surface area contributed by atoms with Crippen molar-refractivity contribution in [2.24, 2.45) is 5.73 Å². The van der Waals surface area contributed by atoms with Gasteiger partial charge in [0.1, 0.15) is 48.7 Å². The van der Waals surface area contributed by atoms with Gasteiger partial charge in [0.25, 0.3) is 0 Å². The van der Waals surface area contributed by atoms with Gasteiger partial charge in [-0.05, 0) is 38.5 Å². The normalized spacial score (nSPS) is 25.6. The first kappa shape index (κ1) is 58.4. The first-order chi connectivity index (χ1) is 31.6. The molecule has 2 heterocycles. The first-order valence-electron chi connectivity index (χ1n) is 22.6. The van der Waals surface area contributed by atoms with Crippen molar-refractivity contribution in [2.45, 2.75) is 145 Å². The zero-order valence-electron chi connectivity index (χ0n) is 38.1. The molecule has 11 atom stereocenters. The van der Waals surface area contributed by atoms with Crippen molar-refractivity contribution < 1.29 is 87.8 Å². The minimum absolute atomic E-state index is 0.118. The van der Waals surface area contributed by atoms with Gasteiger partial charge in [0.15, 0.2) is 12.6 Å². The number of ether oxygens (including phenoxy) is 6. The van der Waals surface area contributed by atoms with Gasteiger partial charge >= 0.3 is 0 Å². The molecule has 25 nitrogen and oxygen atoms in total. The number of carbonyl (C=O) groups excluding carboxylic acids is 6. The Hall–Kier alpha value is -3.70. The number of hydrogen-bond acceptors (Lipinski definition) is 19. The zero-order valence-corrected chi connectivity index (χ0v) is 38.1. The molecule has 1 unspecified atom stereocenters. The molecule has 6 amide bonds. The summed E-state index contributed by atoms with van der Waals surface area (Å²) < 4.78 is 33.2. The van der Waals surface area contributed by atoms with Crippen molar-refractivity contribution in [3.05, 3.63) is 0 Å². The molecule has 382 valence electrons. The van der Waals surface area contributed by atoms with E-state index in [-0.39, 0.29) is 89.0 Å². The van der Waals surface area contributed by atoms with Gasteiger partial charge in [0.05, 0.1) is 45.7 Å². The lowest BCUT2D eigenvalue weighted by molar-refractivity contribution is -0.270. The first-order valence-corrected chi connectivity index (χ1v) is 22.6. The van der Waals surface area contributed by atoms with Gasteiger partial charge in [-0.1, -0.05) is 0 Å². The fourth-order valence-corrected chi connectivity index (χ4v) is 6.69. The summed E-state index contributed by atoms with van der Waals surface area (Å²) in [6.45, 7) is 3.72. The number of rotatable bonds is 34. The van der Waals surface area contributed by atoms with Crippen molar-refractivity contribution in [3.63, 3.8) is 0 Å². The maximum Gasteiger partial charge on any atom is 0.222 e. The molecule has 25 heteroatoms. The highest BCUT2D eigenvalue weighted by Crippen LogP contribution is 2.24. The molecule has 2 rings (SSSR count). The van der Waals surface area contributed by atoms with Gasteiger partial charge in [-0.3, -0.25) is 28.8 Å². The maximum atomic E-state index is 12.2. The van der Waals surface area contributed by atoms with Gasteiger partial charge in [-0.25, -0.2) is 0 Å². The molecule has 0 aliphatic carbocycles. The maximum absolute atomic E-state index is 12.2. The van der Waals surface area contributed by atoms with E-state index in [1.807, 2.05) is 0 Å². The lowest BCUT2D eigenvalue weighted by Crippen LogP contribution is -2.64. The largest absolute Gasteiger partial charge is 0.394 e. The van der Waals surface area contributed by atoms with Gasteiger partial charge in [-0.2, -0.15) is 0 Å². The smallest absolute Gasteiger partial charge is 0.222 e. The van der Waals surface area contributed by atoms with Crippen LogP contribution in [0.3, 0.4) is 0 Å². The third-order valence-corrected chi connectivity index (χ3v) is 10.3. The van der Waals surface area contributed by atoms with Crippen molar-refractivity contribution in [1.82, 2.24) is 31.9 Å². The lowest BCUT2D eigenvalue weighted by Gasteiger charge is -2.42. The Morgan fingerprint density at radius 1 is 0.515 bits per heavy atom. The molecular weight excluding hydrogens is 878 g/mol. The SMILES string of the molecule is CC(=O)N[C@H]1[C@@H](OCCCCC(=O)NCCCNC(=O)CCOCC(N)COCCC(=O)NCCCNC(=O)CCCCO[C@@H]2O[C@H](CO)[C@H](O)[C@H](O)[C@H]2NC(C)=O)O[C@@H](CO)[C@H](O)[C@@H]1O. The van der Waals surface area contributed by atoms with Crippen LogP contribution in [-0.2, 0) is 57.2 Å². The van der Waals surface area contributed by atoms with Crippen LogP contribution in [0.15, 0.2) is 0 Å². The second kappa shape index (κ2) is 33.7. The quantitative estimate of drug-likeness (QED) is 0.0268. The molecule has 66 heavy (non-hydrogen) atoms. The van der Waals surface area contributed by atoms with Crippen LogP contribution in [0.25, 0.3) is 0 Å². The highest BCUT2D eigenvalue weighted by atomic mass is 16.7. The summed E-state index contributed by atoms with van der Waals surface area (Å²) in [5.74, 6) is -1.70. The molecule has 0 radical (unpaired) electrons. The number of carbonyl (C=O) groups is 6. The van der Waals surface area contributed by atoms with Gasteiger partial charge in [0.2, 0.25) is 35.4 Å². The van der Waals surface area contributed by atoms with E-state index < -0.39 is 92.4 Å². The van der Waals surface area contributed by atoms with Gasteiger partial charge in [0, 0.05) is 78.9 Å². The Morgan fingerprint density at radius 3 is 1.20 bits per heavy atom. The Kier molecular flexibility index (Phi) is 29.9. The minimum atomic E-state index is -1.40. The molecule has 0 aromatic rings. The van der Waals surface area contributed by atoms with Crippen LogP contribution in [0.4, 0.5) is 0 Å². The summed E-state index contributed by atoms with van der Waals surface area (Å²) in [7, 11) is 0. The summed E-state index contributed by atoms with van der Waals surface area (Å²) in [6, 6.07) is -2.52. The fraction of sp³-hybridized carbons (Fsp3) is 0.854. The molecule has 0 saturated carbocycles. The number of aliphatic hydroxyl groups excluding tert-OH is 6. The summed E-state index contributed by atoms with van der Waals surface area (Å²) in [5, 5.41) is 75.7. The number of unbranched alkanes of at least 4 members (excludes halogenated alkanes) is 2. The zero-order chi connectivity index (χ0) is 48.9. The van der Waals surface area contributed by atoms with Gasteiger partial charge in [-0.15, -0.1) is 0 Å². The molecule has 2 saturated heterocycles. The molecular formula is C41H75N7O18. The van der Waals surface area contributed by atoms with Crippen LogP contribution >= 0.6 is 0 Å². The Bertz CT molecular complexity index is 1340. The fourth-order valence-electron chi connectivity index (χ4n) is 6.69. The predicted octanol–water partition coefficient (Wildman–Crippen LogP) is -5.37. The molecule has 0 aromatic carbocycles. The third-order valence-electron chi connectivity index (χ3n) is 10.3. The summed E-state index contributed by atoms with van der Waals surface area (Å²) in [5.41, 5.74) is 6.00. The monoisotopic (exact) mass is 954 g/mol. The van der Waals surface area contributed by atoms with E-state index in [2.05, 4.69) is 31.9 Å². The average molecular weight is 954 g/mol. The van der Waals surface area contributed by atoms with Crippen LogP contribution in [-0.4, -0.2) is 212 Å². The van der Waals surface area contributed by atoms with E-state index in [9.17, 15) is 59.4 Å². The van der Waals surface area contributed by atoms with Crippen LogP contribution in [0.2, 0.25) is 0 Å². The standard InChI is InChI=1S/C41H75N7O18/c1-25(51)47-34-38(59)36(57)28(21-49)65-40(34)63-17-5-3-9-30(53)43-13-7-15-45-32(55)11-19-61-23-27(42)24-62-20-12-33(56)46-16-8-14-44-31(54)10-4-6-18-64-41-35(48-26(2)52)39(60)37(58)29(22-50)66-41/h27-29,34-41,49-50,57-60H,3-24,42H2,1-2H3,(H,43,53)(H,44,54)(H,45,55)(H,46,56)(H,47,51)(H,48,52)/t27?,28-,29+,34-,35-,36+,37+,38-,39-,40-,41+/m1/s1. The summed E-state index contributed by atoms with van der Waals surface area (Å²) in [4.78, 5) is 71.6. The van der Waals surface area contributed by atoms with E-state index in [0.29, 0.717) is 64.7 Å². The van der Waals surface area contributed by atoms with E-state index in [0.717, 1.165) is 0 Å². The van der Waals surface area contributed by atoms with E-state index >= 15 is 0 Å². The van der Waals surface area contributed by atoms with Crippen LogP contribution < -0.4 is 37.6 Å². The Labute approximate surface area is 384 Å². The summed E-state index contributed by atoms with van der Waals surface area (Å²) in [6.07, 6.45) is -6.32. The Balaban J connectivity index is 1.39. The number of nitrogens with two attached hydrogens (primary N) is 1. The van der Waals surface area contributed by atoms with E-state index in [1.54, 1.807) is 0 Å².